The number of hydrogen-bond acceptors (Lipinski definition) is 6. The second-order valence-corrected chi connectivity index (χ2v) is 8.04. The summed E-state index contributed by atoms with van der Waals surface area (Å²) < 4.78 is 27.5. The molecule has 1 saturated heterocycles. The van der Waals surface area contributed by atoms with Gasteiger partial charge in [-0.15, -0.1) is 0 Å². The van der Waals surface area contributed by atoms with Crippen LogP contribution in [0, 0.1) is 5.92 Å². The van der Waals surface area contributed by atoms with Crippen LogP contribution in [0.1, 0.15) is 18.4 Å². The van der Waals surface area contributed by atoms with E-state index in [4.69, 9.17) is 0 Å². The minimum atomic E-state index is -2.94. The number of nitrogens with zero attached hydrogens (tertiary/aromatic N) is 3. The van der Waals surface area contributed by atoms with Crippen LogP contribution in [0.15, 0.2) is 22.8 Å². The molecular formula is C14H17N3O4S. The van der Waals surface area contributed by atoms with Crippen molar-refractivity contribution in [3.05, 3.63) is 23.8 Å². The first kappa shape index (κ1) is 15.0. The first-order valence-electron chi connectivity index (χ1n) is 7.08. The average Bonchev–Trinajstić information content (AvgIpc) is 3.04. The zero-order chi connectivity index (χ0) is 15.7. The summed E-state index contributed by atoms with van der Waals surface area (Å²) in [7, 11) is -1.22. The van der Waals surface area contributed by atoms with E-state index in [0.717, 1.165) is 5.56 Å². The molecule has 1 atom stereocenters. The lowest BCUT2D eigenvalue weighted by molar-refractivity contribution is -0.131. The van der Waals surface area contributed by atoms with E-state index in [1.54, 1.807) is 18.0 Å². The van der Waals surface area contributed by atoms with Crippen molar-refractivity contribution in [3.63, 3.8) is 0 Å². The molecule has 1 aromatic heterocycles. The number of sulfone groups is 1. The van der Waals surface area contributed by atoms with Gasteiger partial charge >= 0.3 is 0 Å². The smallest absolute Gasteiger partial charge is 0.222 e. The monoisotopic (exact) mass is 323 g/mol. The fraction of sp³-hybridized carbons (Fsp3) is 0.500. The summed E-state index contributed by atoms with van der Waals surface area (Å²) in [6, 6.07) is 5.50. The van der Waals surface area contributed by atoms with Gasteiger partial charge in [0.2, 0.25) is 5.91 Å². The van der Waals surface area contributed by atoms with Crippen molar-refractivity contribution in [2.45, 2.75) is 19.4 Å². The number of aromatic nitrogens is 2. The second-order valence-electron chi connectivity index (χ2n) is 5.81. The number of carbonyl (C=O) groups excluding carboxylic acids is 1. The Labute approximate surface area is 128 Å². The van der Waals surface area contributed by atoms with Crippen molar-refractivity contribution in [1.29, 1.82) is 0 Å². The Morgan fingerprint density at radius 1 is 1.36 bits per heavy atom. The van der Waals surface area contributed by atoms with Crippen LogP contribution in [0.5, 0.6) is 0 Å². The normalized spacial score (nSPS) is 20.3. The fourth-order valence-electron chi connectivity index (χ4n) is 2.72. The number of fused-ring (bicyclic) bond motifs is 1. The molecule has 0 spiro atoms. The third kappa shape index (κ3) is 3.27. The molecule has 1 amide bonds. The average molecular weight is 323 g/mol. The van der Waals surface area contributed by atoms with E-state index in [2.05, 4.69) is 14.9 Å². The number of benzene rings is 1. The molecule has 0 radical (unpaired) electrons. The largest absolute Gasteiger partial charge is 0.341 e. The highest BCUT2D eigenvalue weighted by molar-refractivity contribution is 7.91. The van der Waals surface area contributed by atoms with E-state index in [1.165, 1.54) is 0 Å². The molecule has 22 heavy (non-hydrogen) atoms. The van der Waals surface area contributed by atoms with Crippen molar-refractivity contribution in [3.8, 4) is 0 Å². The summed E-state index contributed by atoms with van der Waals surface area (Å²) in [5.41, 5.74) is 2.26. The van der Waals surface area contributed by atoms with E-state index in [1.807, 2.05) is 12.1 Å². The molecule has 2 aromatic rings. The number of rotatable bonds is 4. The van der Waals surface area contributed by atoms with Crippen LogP contribution in [0.3, 0.4) is 0 Å². The summed E-state index contributed by atoms with van der Waals surface area (Å²) in [4.78, 5) is 13.8. The zero-order valence-corrected chi connectivity index (χ0v) is 13.0. The zero-order valence-electron chi connectivity index (χ0n) is 12.2. The van der Waals surface area contributed by atoms with Gasteiger partial charge in [-0.2, -0.15) is 0 Å². The van der Waals surface area contributed by atoms with Gasteiger partial charge in [-0.3, -0.25) is 4.79 Å². The molecule has 8 heteroatoms. The van der Waals surface area contributed by atoms with Crippen LogP contribution in [-0.2, 0) is 21.2 Å². The van der Waals surface area contributed by atoms with Gasteiger partial charge < -0.3 is 4.90 Å². The van der Waals surface area contributed by atoms with Crippen LogP contribution >= 0.6 is 0 Å². The lowest BCUT2D eigenvalue weighted by Gasteiger charge is -2.19. The quantitative estimate of drug-likeness (QED) is 0.833. The number of amides is 1. The van der Waals surface area contributed by atoms with E-state index in [9.17, 15) is 13.2 Å². The summed E-state index contributed by atoms with van der Waals surface area (Å²) in [6.07, 6.45) is 0.863. The molecule has 3 rings (SSSR count). The highest BCUT2D eigenvalue weighted by atomic mass is 32.2. The van der Waals surface area contributed by atoms with Gasteiger partial charge in [0.1, 0.15) is 11.0 Å². The Hall–Kier alpha value is -1.96. The summed E-state index contributed by atoms with van der Waals surface area (Å²) in [5.74, 6) is 0.232. The molecule has 1 aliphatic heterocycles. The lowest BCUT2D eigenvalue weighted by atomic mass is 10.0. The van der Waals surface area contributed by atoms with Gasteiger partial charge in [-0.1, -0.05) is 6.07 Å². The van der Waals surface area contributed by atoms with Crippen LogP contribution in [0.2, 0.25) is 0 Å². The standard InChI is InChI=1S/C14H17N3O4S/c1-17(14(18)7-11-4-5-22(19,20)9-11)8-10-2-3-12-13(6-10)16-21-15-12/h2-3,6,11H,4-5,7-9H2,1H3. The van der Waals surface area contributed by atoms with E-state index < -0.39 is 9.84 Å². The number of hydrogen-bond donors (Lipinski definition) is 0. The van der Waals surface area contributed by atoms with E-state index in [0.29, 0.717) is 24.0 Å². The maximum Gasteiger partial charge on any atom is 0.222 e. The van der Waals surface area contributed by atoms with Crippen molar-refractivity contribution >= 4 is 26.8 Å². The molecule has 1 fully saturated rings. The van der Waals surface area contributed by atoms with Crippen LogP contribution in [0.25, 0.3) is 11.0 Å². The van der Waals surface area contributed by atoms with Gasteiger partial charge in [0, 0.05) is 20.0 Å². The van der Waals surface area contributed by atoms with Gasteiger partial charge in [0.05, 0.1) is 11.5 Å². The topological polar surface area (TPSA) is 93.4 Å². The van der Waals surface area contributed by atoms with Crippen molar-refractivity contribution in [1.82, 2.24) is 15.2 Å². The molecule has 2 heterocycles. The van der Waals surface area contributed by atoms with Crippen LogP contribution in [-0.4, -0.2) is 48.1 Å². The minimum Gasteiger partial charge on any atom is -0.341 e. The summed E-state index contributed by atoms with van der Waals surface area (Å²) in [5, 5.41) is 7.51. The molecule has 0 N–H and O–H groups in total. The lowest BCUT2D eigenvalue weighted by Crippen LogP contribution is -2.28. The molecule has 1 aliphatic rings. The van der Waals surface area contributed by atoms with E-state index >= 15 is 0 Å². The Morgan fingerprint density at radius 3 is 2.86 bits per heavy atom. The number of carbonyl (C=O) groups is 1. The van der Waals surface area contributed by atoms with Gasteiger partial charge in [-0.25, -0.2) is 13.0 Å². The Morgan fingerprint density at radius 2 is 2.14 bits per heavy atom. The highest BCUT2D eigenvalue weighted by Crippen LogP contribution is 2.22. The van der Waals surface area contributed by atoms with Crippen molar-refractivity contribution in [2.24, 2.45) is 5.92 Å². The van der Waals surface area contributed by atoms with Gasteiger partial charge in [0.25, 0.3) is 0 Å². The molecule has 118 valence electrons. The molecule has 0 aliphatic carbocycles. The molecule has 0 bridgehead atoms. The fourth-order valence-corrected chi connectivity index (χ4v) is 4.59. The summed E-state index contributed by atoms with van der Waals surface area (Å²) in [6.45, 7) is 0.446. The minimum absolute atomic E-state index is 0.0412. The first-order valence-corrected chi connectivity index (χ1v) is 8.91. The predicted molar refractivity (Wildman–Crippen MR) is 79.7 cm³/mol. The molecule has 7 nitrogen and oxygen atoms in total. The molecule has 1 aromatic carbocycles. The maximum absolute atomic E-state index is 12.2. The van der Waals surface area contributed by atoms with Crippen molar-refractivity contribution in [2.75, 3.05) is 18.6 Å². The summed E-state index contributed by atoms with van der Waals surface area (Å²) >= 11 is 0. The third-order valence-corrected chi connectivity index (χ3v) is 5.79. The second kappa shape index (κ2) is 5.68. The molecular weight excluding hydrogens is 306 g/mol. The van der Waals surface area contributed by atoms with Crippen molar-refractivity contribution < 1.29 is 17.8 Å². The van der Waals surface area contributed by atoms with Gasteiger partial charge in [-0.05, 0) is 40.3 Å². The molecule has 0 saturated carbocycles. The Bertz CT molecular complexity index is 799. The first-order chi connectivity index (χ1) is 10.4. The van der Waals surface area contributed by atoms with Crippen LogP contribution in [0.4, 0.5) is 0 Å². The van der Waals surface area contributed by atoms with Gasteiger partial charge in [0.15, 0.2) is 9.84 Å². The predicted octanol–water partition coefficient (Wildman–Crippen LogP) is 1.01. The highest BCUT2D eigenvalue weighted by Gasteiger charge is 2.30. The SMILES string of the molecule is CN(Cc1ccc2nonc2c1)C(=O)CC1CCS(=O)(=O)C1. The maximum atomic E-state index is 12.2. The van der Waals surface area contributed by atoms with Crippen LogP contribution < -0.4 is 0 Å². The third-order valence-electron chi connectivity index (χ3n) is 3.95. The Kier molecular flexibility index (Phi) is 3.86. The van der Waals surface area contributed by atoms with E-state index in [-0.39, 0.29) is 29.8 Å². The molecule has 1 unspecified atom stereocenters. The Balaban J connectivity index is 1.61.